The molecule has 0 saturated carbocycles. The van der Waals surface area contributed by atoms with Gasteiger partial charge in [0, 0.05) is 36.8 Å². The molecule has 2 saturated heterocycles. The second kappa shape index (κ2) is 11.7. The van der Waals surface area contributed by atoms with Crippen molar-refractivity contribution in [1.82, 2.24) is 9.80 Å². The minimum absolute atomic E-state index is 0.0888. The highest BCUT2D eigenvalue weighted by Gasteiger charge is 2.45. The number of aliphatic hydroxyl groups is 1. The molecule has 2 aliphatic heterocycles. The first-order valence-corrected chi connectivity index (χ1v) is 12.4. The second-order valence-electron chi connectivity index (χ2n) is 8.72. The molecule has 1 amide bonds. The topological polar surface area (TPSA) is 79.3 Å². The second-order valence-corrected chi connectivity index (χ2v) is 9.16. The van der Waals surface area contributed by atoms with Gasteiger partial charge >= 0.3 is 0 Å². The van der Waals surface area contributed by atoms with E-state index < -0.39 is 17.7 Å². The molecular weight excluding hydrogens is 468 g/mol. The molecule has 186 valence electrons. The molecule has 2 aromatic carbocycles. The van der Waals surface area contributed by atoms with Crippen LogP contribution < -0.4 is 4.74 Å². The van der Waals surface area contributed by atoms with Crippen LogP contribution in [-0.4, -0.2) is 72.6 Å². The predicted molar refractivity (Wildman–Crippen MR) is 135 cm³/mol. The SMILES string of the molecule is CCCOc1ccc([C@H]2/C(=C(\O)c3ccc(Cl)cc3)C(=O)C(=O)N2CCCN2CCOCC2)cc1. The first-order chi connectivity index (χ1) is 17.0. The van der Waals surface area contributed by atoms with Crippen molar-refractivity contribution < 1.29 is 24.2 Å². The molecule has 2 aliphatic rings. The molecule has 0 spiro atoms. The quantitative estimate of drug-likeness (QED) is 0.316. The van der Waals surface area contributed by atoms with Gasteiger partial charge in [-0.15, -0.1) is 0 Å². The molecule has 2 fully saturated rings. The van der Waals surface area contributed by atoms with Gasteiger partial charge in [-0.05, 0) is 54.8 Å². The summed E-state index contributed by atoms with van der Waals surface area (Å²) < 4.78 is 11.1. The van der Waals surface area contributed by atoms with Crippen LogP contribution in [0.3, 0.4) is 0 Å². The van der Waals surface area contributed by atoms with Gasteiger partial charge in [-0.2, -0.15) is 0 Å². The number of carbonyl (C=O) groups is 2. The highest BCUT2D eigenvalue weighted by Crippen LogP contribution is 2.40. The van der Waals surface area contributed by atoms with Crippen LogP contribution in [0.15, 0.2) is 54.1 Å². The van der Waals surface area contributed by atoms with E-state index in [0.29, 0.717) is 43.4 Å². The van der Waals surface area contributed by atoms with Gasteiger partial charge in [0.05, 0.1) is 31.4 Å². The van der Waals surface area contributed by atoms with Crippen molar-refractivity contribution in [3.8, 4) is 5.75 Å². The number of amides is 1. The van der Waals surface area contributed by atoms with E-state index in [9.17, 15) is 14.7 Å². The zero-order valence-electron chi connectivity index (χ0n) is 19.9. The summed E-state index contributed by atoms with van der Waals surface area (Å²) in [5.41, 5.74) is 1.27. The fourth-order valence-electron chi connectivity index (χ4n) is 4.48. The summed E-state index contributed by atoms with van der Waals surface area (Å²) in [7, 11) is 0. The predicted octanol–water partition coefficient (Wildman–Crippen LogP) is 4.27. The van der Waals surface area contributed by atoms with Crippen LogP contribution in [0.2, 0.25) is 5.02 Å². The number of ether oxygens (including phenoxy) is 2. The summed E-state index contributed by atoms with van der Waals surface area (Å²) in [6.45, 7) is 6.98. The van der Waals surface area contributed by atoms with E-state index in [1.807, 2.05) is 31.2 Å². The fourth-order valence-corrected chi connectivity index (χ4v) is 4.60. The van der Waals surface area contributed by atoms with Crippen molar-refractivity contribution >= 4 is 29.1 Å². The lowest BCUT2D eigenvalue weighted by molar-refractivity contribution is -0.140. The number of morpholine rings is 1. The fraction of sp³-hybridized carbons (Fsp3) is 0.407. The molecule has 0 radical (unpaired) electrons. The van der Waals surface area contributed by atoms with E-state index in [4.69, 9.17) is 21.1 Å². The molecule has 4 rings (SSSR count). The van der Waals surface area contributed by atoms with E-state index in [1.165, 1.54) is 0 Å². The number of likely N-dealkylation sites (tertiary alicyclic amines) is 1. The number of rotatable bonds is 9. The number of hydrogen-bond acceptors (Lipinski definition) is 6. The Morgan fingerprint density at radius 1 is 1.06 bits per heavy atom. The maximum atomic E-state index is 13.2. The van der Waals surface area contributed by atoms with E-state index in [2.05, 4.69) is 4.90 Å². The van der Waals surface area contributed by atoms with Crippen LogP contribution in [0.4, 0.5) is 0 Å². The molecule has 35 heavy (non-hydrogen) atoms. The summed E-state index contributed by atoms with van der Waals surface area (Å²) >= 11 is 6.00. The first kappa shape index (κ1) is 25.2. The number of halogens is 1. The third-order valence-corrected chi connectivity index (χ3v) is 6.56. The number of Topliss-reactive ketones (excluding diaryl/α,β-unsaturated/α-hetero) is 1. The Balaban J connectivity index is 1.64. The Bertz CT molecular complexity index is 1060. The van der Waals surface area contributed by atoms with E-state index in [1.54, 1.807) is 29.2 Å². The zero-order chi connectivity index (χ0) is 24.8. The van der Waals surface area contributed by atoms with Gasteiger partial charge in [0.25, 0.3) is 11.7 Å². The molecule has 1 atom stereocenters. The van der Waals surface area contributed by atoms with Gasteiger partial charge in [0.1, 0.15) is 11.5 Å². The third kappa shape index (κ3) is 5.86. The van der Waals surface area contributed by atoms with Crippen molar-refractivity contribution in [2.45, 2.75) is 25.8 Å². The summed E-state index contributed by atoms with van der Waals surface area (Å²) in [4.78, 5) is 30.2. The monoisotopic (exact) mass is 498 g/mol. The number of carbonyl (C=O) groups excluding carboxylic acids is 2. The minimum Gasteiger partial charge on any atom is -0.507 e. The molecule has 2 aromatic rings. The van der Waals surface area contributed by atoms with Crippen LogP contribution in [0, 0.1) is 0 Å². The lowest BCUT2D eigenvalue weighted by Crippen LogP contribution is -2.38. The normalized spacial score (nSPS) is 20.4. The number of ketones is 1. The largest absolute Gasteiger partial charge is 0.507 e. The molecule has 8 heteroatoms. The maximum Gasteiger partial charge on any atom is 0.295 e. The number of hydrogen-bond donors (Lipinski definition) is 1. The number of aliphatic hydroxyl groups excluding tert-OH is 1. The Labute approximate surface area is 210 Å². The van der Waals surface area contributed by atoms with Crippen LogP contribution in [-0.2, 0) is 14.3 Å². The van der Waals surface area contributed by atoms with Gasteiger partial charge in [-0.3, -0.25) is 14.5 Å². The van der Waals surface area contributed by atoms with Gasteiger partial charge in [-0.25, -0.2) is 0 Å². The van der Waals surface area contributed by atoms with Gasteiger partial charge in [0.15, 0.2) is 0 Å². The molecule has 0 aromatic heterocycles. The molecule has 0 unspecified atom stereocenters. The first-order valence-electron chi connectivity index (χ1n) is 12.1. The summed E-state index contributed by atoms with van der Waals surface area (Å²) in [5, 5.41) is 11.7. The molecule has 1 N–H and O–H groups in total. The summed E-state index contributed by atoms with van der Waals surface area (Å²) in [6, 6.07) is 13.3. The Kier molecular flexibility index (Phi) is 8.44. The molecule has 0 aliphatic carbocycles. The highest BCUT2D eigenvalue weighted by atomic mass is 35.5. The van der Waals surface area contributed by atoms with Crippen molar-refractivity contribution in [2.75, 3.05) is 46.0 Å². The Morgan fingerprint density at radius 3 is 2.40 bits per heavy atom. The minimum atomic E-state index is -0.685. The highest BCUT2D eigenvalue weighted by molar-refractivity contribution is 6.46. The Morgan fingerprint density at radius 2 is 1.74 bits per heavy atom. The van der Waals surface area contributed by atoms with Crippen LogP contribution >= 0.6 is 11.6 Å². The van der Waals surface area contributed by atoms with E-state index >= 15 is 0 Å². The van der Waals surface area contributed by atoms with Crippen LogP contribution in [0.25, 0.3) is 5.76 Å². The van der Waals surface area contributed by atoms with Crippen molar-refractivity contribution in [3.63, 3.8) is 0 Å². The van der Waals surface area contributed by atoms with Crippen molar-refractivity contribution in [3.05, 3.63) is 70.3 Å². The average molecular weight is 499 g/mol. The summed E-state index contributed by atoms with van der Waals surface area (Å²) in [6.07, 6.45) is 1.61. The van der Waals surface area contributed by atoms with Gasteiger partial charge in [0.2, 0.25) is 0 Å². The average Bonchev–Trinajstić information content (AvgIpc) is 3.13. The molecular formula is C27H31ClN2O5. The smallest absolute Gasteiger partial charge is 0.295 e. The molecule has 7 nitrogen and oxygen atoms in total. The zero-order valence-corrected chi connectivity index (χ0v) is 20.7. The van der Waals surface area contributed by atoms with E-state index in [-0.39, 0.29) is 11.3 Å². The van der Waals surface area contributed by atoms with Gasteiger partial charge < -0.3 is 19.5 Å². The lowest BCUT2D eigenvalue weighted by Gasteiger charge is -2.29. The molecule has 0 bridgehead atoms. The number of nitrogens with zero attached hydrogens (tertiary/aromatic N) is 2. The van der Waals surface area contributed by atoms with E-state index in [0.717, 1.165) is 37.4 Å². The summed E-state index contributed by atoms with van der Waals surface area (Å²) in [5.74, 6) is -0.761. The maximum absolute atomic E-state index is 13.2. The Hall–Kier alpha value is -2.87. The van der Waals surface area contributed by atoms with Crippen LogP contribution in [0.1, 0.15) is 36.9 Å². The van der Waals surface area contributed by atoms with Gasteiger partial charge in [-0.1, -0.05) is 30.7 Å². The van der Waals surface area contributed by atoms with Crippen molar-refractivity contribution in [1.29, 1.82) is 0 Å². The third-order valence-electron chi connectivity index (χ3n) is 6.30. The lowest BCUT2D eigenvalue weighted by atomic mass is 9.95. The standard InChI is InChI=1S/C27H31ClN2O5/c1-2-16-35-22-10-6-19(7-11-22)24-23(25(31)20-4-8-21(28)9-5-20)26(32)27(33)30(24)13-3-12-29-14-17-34-18-15-29/h4-11,24,31H,2-3,12-18H2,1H3/b25-23+/t24-/m0/s1. The number of benzene rings is 2. The van der Waals surface area contributed by atoms with Crippen LogP contribution in [0.5, 0.6) is 5.75 Å². The van der Waals surface area contributed by atoms with Crippen molar-refractivity contribution in [2.24, 2.45) is 0 Å². The molecule has 2 heterocycles.